The van der Waals surface area contributed by atoms with Gasteiger partial charge in [0.1, 0.15) is 11.9 Å². The summed E-state index contributed by atoms with van der Waals surface area (Å²) in [6, 6.07) is 8.58. The Bertz CT molecular complexity index is 1190. The molecule has 180 valence electrons. The number of ether oxygens (including phenoxy) is 1. The van der Waals surface area contributed by atoms with E-state index in [-0.39, 0.29) is 22.6 Å². The van der Waals surface area contributed by atoms with Crippen molar-refractivity contribution in [3.63, 3.8) is 0 Å². The molecule has 34 heavy (non-hydrogen) atoms. The summed E-state index contributed by atoms with van der Waals surface area (Å²) in [4.78, 5) is 38.9. The first kappa shape index (κ1) is 24.0. The molecule has 1 saturated heterocycles. The number of halogens is 1. The van der Waals surface area contributed by atoms with Gasteiger partial charge in [0.2, 0.25) is 15.9 Å². The minimum atomic E-state index is -4.18. The third-order valence-corrected chi connectivity index (χ3v) is 8.28. The number of rotatable bonds is 6. The normalized spacial score (nSPS) is 19.6. The number of carbonyl (C=O) groups is 3. The molecule has 1 heterocycles. The van der Waals surface area contributed by atoms with Crippen molar-refractivity contribution in [3.05, 3.63) is 59.9 Å². The molecular weight excluding hydrogens is 463 g/mol. The number of hydrogen-bond donors (Lipinski definition) is 0. The van der Waals surface area contributed by atoms with E-state index < -0.39 is 45.7 Å². The minimum Gasteiger partial charge on any atom is -0.465 e. The van der Waals surface area contributed by atoms with Gasteiger partial charge in [-0.2, -0.15) is 4.31 Å². The monoisotopic (exact) mass is 488 g/mol. The van der Waals surface area contributed by atoms with E-state index in [1.807, 2.05) is 0 Å². The average molecular weight is 489 g/mol. The van der Waals surface area contributed by atoms with Crippen molar-refractivity contribution in [2.45, 2.75) is 55.5 Å². The van der Waals surface area contributed by atoms with E-state index in [4.69, 9.17) is 0 Å². The van der Waals surface area contributed by atoms with Gasteiger partial charge >= 0.3 is 5.97 Å². The highest BCUT2D eigenvalue weighted by atomic mass is 32.2. The van der Waals surface area contributed by atoms with Crippen LogP contribution >= 0.6 is 0 Å². The van der Waals surface area contributed by atoms with Gasteiger partial charge in [-0.3, -0.25) is 9.59 Å². The Kier molecular flexibility index (Phi) is 6.81. The van der Waals surface area contributed by atoms with Gasteiger partial charge < -0.3 is 4.74 Å². The first-order valence-electron chi connectivity index (χ1n) is 11.1. The second-order valence-electron chi connectivity index (χ2n) is 8.41. The maximum Gasteiger partial charge on any atom is 0.337 e. The number of amides is 2. The third kappa shape index (κ3) is 4.47. The van der Waals surface area contributed by atoms with Crippen molar-refractivity contribution in [1.29, 1.82) is 0 Å². The van der Waals surface area contributed by atoms with Crippen molar-refractivity contribution in [1.82, 2.24) is 4.31 Å². The first-order valence-corrected chi connectivity index (χ1v) is 12.5. The lowest BCUT2D eigenvalue weighted by atomic mass is 9.94. The second-order valence-corrected chi connectivity index (χ2v) is 10.2. The number of hydrogen-bond acceptors (Lipinski definition) is 6. The highest BCUT2D eigenvalue weighted by molar-refractivity contribution is 7.89. The zero-order chi connectivity index (χ0) is 24.5. The Hall–Kier alpha value is -3.11. The van der Waals surface area contributed by atoms with Crippen LogP contribution in [0.15, 0.2) is 53.4 Å². The van der Waals surface area contributed by atoms with E-state index in [0.29, 0.717) is 12.8 Å². The van der Waals surface area contributed by atoms with Crippen LogP contribution in [0.5, 0.6) is 0 Å². The highest BCUT2D eigenvalue weighted by Gasteiger charge is 2.49. The van der Waals surface area contributed by atoms with Gasteiger partial charge in [0.15, 0.2) is 0 Å². The lowest BCUT2D eigenvalue weighted by Gasteiger charge is -2.36. The summed E-state index contributed by atoms with van der Waals surface area (Å²) in [6.07, 6.45) is 3.45. The van der Waals surface area contributed by atoms with Gasteiger partial charge in [0.25, 0.3) is 5.91 Å². The lowest BCUT2D eigenvalue weighted by molar-refractivity contribution is -0.122. The van der Waals surface area contributed by atoms with Gasteiger partial charge in [0, 0.05) is 6.04 Å². The van der Waals surface area contributed by atoms with E-state index >= 15 is 0 Å². The standard InChI is InChI=1S/C24H25FN2O6S/c1-33-24(30)16-7-11-18(12-8-16)26-22(28)15-21(23(26)29)27(19-5-3-2-4-6-19)34(31,32)20-13-9-17(25)10-14-20/h7-14,19,21H,2-6,15H2,1H3. The Morgan fingerprint density at radius 1 is 1.00 bits per heavy atom. The molecular formula is C24H25FN2O6S. The van der Waals surface area contributed by atoms with Gasteiger partial charge in [0.05, 0.1) is 29.7 Å². The van der Waals surface area contributed by atoms with E-state index in [0.717, 1.165) is 36.3 Å². The summed E-state index contributed by atoms with van der Waals surface area (Å²) < 4.78 is 46.6. The molecule has 8 nitrogen and oxygen atoms in total. The molecule has 1 aliphatic heterocycles. The molecule has 0 bridgehead atoms. The molecule has 2 fully saturated rings. The largest absolute Gasteiger partial charge is 0.465 e. The number of methoxy groups -OCH3 is 1. The maximum absolute atomic E-state index is 13.6. The Morgan fingerprint density at radius 3 is 2.21 bits per heavy atom. The average Bonchev–Trinajstić information content (AvgIpc) is 3.12. The fraction of sp³-hybridized carbons (Fsp3) is 0.375. The van der Waals surface area contributed by atoms with Crippen molar-refractivity contribution >= 4 is 33.5 Å². The molecule has 2 aliphatic rings. The maximum atomic E-state index is 13.6. The smallest absolute Gasteiger partial charge is 0.337 e. The number of nitrogens with zero attached hydrogens (tertiary/aromatic N) is 2. The molecule has 2 aromatic rings. The molecule has 0 N–H and O–H groups in total. The van der Waals surface area contributed by atoms with E-state index in [9.17, 15) is 27.2 Å². The third-order valence-electron chi connectivity index (χ3n) is 6.30. The molecule has 1 unspecified atom stereocenters. The van der Waals surface area contributed by atoms with Crippen LogP contribution in [0, 0.1) is 5.82 Å². The fourth-order valence-electron chi connectivity index (χ4n) is 4.63. The quantitative estimate of drug-likeness (QED) is 0.457. The molecule has 1 saturated carbocycles. The number of imide groups is 1. The molecule has 0 spiro atoms. The molecule has 2 aromatic carbocycles. The predicted octanol–water partition coefficient (Wildman–Crippen LogP) is 3.27. The van der Waals surface area contributed by atoms with Gasteiger partial charge in [-0.1, -0.05) is 19.3 Å². The van der Waals surface area contributed by atoms with Gasteiger partial charge in [-0.15, -0.1) is 0 Å². The van der Waals surface area contributed by atoms with Crippen LogP contribution in [0.2, 0.25) is 0 Å². The van der Waals surface area contributed by atoms with Crippen LogP contribution in [0.3, 0.4) is 0 Å². The molecule has 10 heteroatoms. The summed E-state index contributed by atoms with van der Waals surface area (Å²) in [5.74, 6) is -2.31. The molecule has 4 rings (SSSR count). The van der Waals surface area contributed by atoms with E-state index in [2.05, 4.69) is 4.74 Å². The van der Waals surface area contributed by atoms with E-state index in [1.165, 1.54) is 47.8 Å². The van der Waals surface area contributed by atoms with Crippen molar-refractivity contribution in [2.24, 2.45) is 0 Å². The molecule has 0 radical (unpaired) electrons. The zero-order valence-corrected chi connectivity index (χ0v) is 19.5. The van der Waals surface area contributed by atoms with Crippen LogP contribution in [0.4, 0.5) is 10.1 Å². The van der Waals surface area contributed by atoms with Crippen molar-refractivity contribution < 1.29 is 31.9 Å². The van der Waals surface area contributed by atoms with Crippen LogP contribution in [-0.4, -0.2) is 49.7 Å². The molecule has 0 aromatic heterocycles. The van der Waals surface area contributed by atoms with Crippen LogP contribution in [0.1, 0.15) is 48.9 Å². The van der Waals surface area contributed by atoms with Crippen LogP contribution in [-0.2, 0) is 24.3 Å². The summed E-state index contributed by atoms with van der Waals surface area (Å²) in [5, 5.41) is 0. The topological polar surface area (TPSA) is 101 Å². The molecule has 2 amide bonds. The predicted molar refractivity (Wildman–Crippen MR) is 121 cm³/mol. The molecule has 1 aliphatic carbocycles. The first-order chi connectivity index (χ1) is 16.2. The number of sulfonamides is 1. The van der Waals surface area contributed by atoms with Crippen molar-refractivity contribution in [2.75, 3.05) is 12.0 Å². The SMILES string of the molecule is COC(=O)c1ccc(N2C(=O)CC(N(C3CCCCC3)S(=O)(=O)c3ccc(F)cc3)C2=O)cc1. The van der Waals surface area contributed by atoms with Crippen LogP contribution < -0.4 is 4.90 Å². The Balaban J connectivity index is 1.69. The van der Waals surface area contributed by atoms with E-state index in [1.54, 1.807) is 0 Å². The number of benzene rings is 2. The Labute approximate surface area is 197 Å². The summed E-state index contributed by atoms with van der Waals surface area (Å²) in [6.45, 7) is 0. The van der Waals surface area contributed by atoms with Gasteiger partial charge in [-0.05, 0) is 61.4 Å². The van der Waals surface area contributed by atoms with Crippen molar-refractivity contribution in [3.8, 4) is 0 Å². The summed E-state index contributed by atoms with van der Waals surface area (Å²) in [5.41, 5.74) is 0.498. The Morgan fingerprint density at radius 2 is 1.62 bits per heavy atom. The molecule has 1 atom stereocenters. The lowest BCUT2D eigenvalue weighted by Crippen LogP contribution is -2.51. The number of carbonyl (C=O) groups excluding carboxylic acids is 3. The number of esters is 1. The fourth-order valence-corrected chi connectivity index (χ4v) is 6.46. The van der Waals surface area contributed by atoms with Gasteiger partial charge in [-0.25, -0.2) is 22.5 Å². The summed E-state index contributed by atoms with van der Waals surface area (Å²) in [7, 11) is -2.93. The number of anilines is 1. The highest BCUT2D eigenvalue weighted by Crippen LogP contribution is 2.35. The minimum absolute atomic E-state index is 0.124. The zero-order valence-electron chi connectivity index (χ0n) is 18.6. The second kappa shape index (κ2) is 9.63. The summed E-state index contributed by atoms with van der Waals surface area (Å²) >= 11 is 0. The van der Waals surface area contributed by atoms with Crippen LogP contribution in [0.25, 0.3) is 0 Å².